The molecule has 6 aromatic carbocycles. The largest absolute Gasteiger partial charge is 0.309 e. The molecule has 0 amide bonds. The summed E-state index contributed by atoms with van der Waals surface area (Å²) in [7, 11) is 0. The highest BCUT2D eigenvalue weighted by Crippen LogP contribution is 3.12. The summed E-state index contributed by atoms with van der Waals surface area (Å²) >= 11 is 0. The molecule has 4 nitrogen and oxygen atoms in total. The quantitative estimate of drug-likeness (QED) is 0.176. The number of hydrogen-bond acceptors (Lipinski definition) is 3. The first-order chi connectivity index (χ1) is 26.1. The van der Waals surface area contributed by atoms with Gasteiger partial charge in [0.05, 0.1) is 11.0 Å². The molecule has 2 heterocycles. The fraction of sp³-hybridized carbons (Fsp3) is 0.204. The Morgan fingerprint density at radius 3 is 1.87 bits per heavy atom. The van der Waals surface area contributed by atoms with Crippen LogP contribution in [0, 0.1) is 22.2 Å². The third-order valence-corrected chi connectivity index (χ3v) is 14.7. The fourth-order valence-corrected chi connectivity index (χ4v) is 12.9. The summed E-state index contributed by atoms with van der Waals surface area (Å²) in [5.74, 6) is 3.05. The van der Waals surface area contributed by atoms with Gasteiger partial charge in [-0.1, -0.05) is 121 Å². The Morgan fingerprint density at radius 2 is 1.11 bits per heavy atom. The molecule has 0 bridgehead atoms. The van der Waals surface area contributed by atoms with Crippen LogP contribution in [0.5, 0.6) is 0 Å². The first-order valence-corrected chi connectivity index (χ1v) is 19.2. The zero-order valence-corrected chi connectivity index (χ0v) is 29.3. The molecule has 0 N–H and O–H groups in total. The minimum Gasteiger partial charge on any atom is -0.309 e. The molecule has 0 aliphatic heterocycles. The fourth-order valence-electron chi connectivity index (χ4n) is 12.9. The van der Waals surface area contributed by atoms with Gasteiger partial charge in [-0.15, -0.1) is 0 Å². The van der Waals surface area contributed by atoms with E-state index in [1.165, 1.54) is 65.0 Å². The van der Waals surface area contributed by atoms with E-state index in [1.807, 2.05) is 18.2 Å². The number of fused-ring (bicyclic) bond motifs is 3. The Hall–Kier alpha value is -5.87. The van der Waals surface area contributed by atoms with Gasteiger partial charge < -0.3 is 4.57 Å². The van der Waals surface area contributed by atoms with E-state index in [0.717, 1.165) is 45.0 Å². The topological polar surface area (TPSA) is 43.6 Å². The van der Waals surface area contributed by atoms with E-state index >= 15 is 0 Å². The molecule has 0 radical (unpaired) electrons. The van der Waals surface area contributed by atoms with E-state index in [1.54, 1.807) is 5.56 Å². The first-order valence-electron chi connectivity index (χ1n) is 19.2. The summed E-state index contributed by atoms with van der Waals surface area (Å²) in [5, 5.41) is 2.47. The van der Waals surface area contributed by atoms with Crippen molar-refractivity contribution in [3.63, 3.8) is 0 Å². The molecule has 2 aromatic heterocycles. The van der Waals surface area contributed by atoms with E-state index in [4.69, 9.17) is 15.0 Å². The molecular formula is C49H36N4. The van der Waals surface area contributed by atoms with Gasteiger partial charge in [0.2, 0.25) is 0 Å². The second kappa shape index (κ2) is 9.56. The minimum atomic E-state index is 0.434. The number of benzene rings is 6. The predicted octanol–water partition coefficient (Wildman–Crippen LogP) is 11.5. The summed E-state index contributed by atoms with van der Waals surface area (Å²) < 4.78 is 2.37. The van der Waals surface area contributed by atoms with E-state index in [2.05, 4.69) is 138 Å². The van der Waals surface area contributed by atoms with E-state index < -0.39 is 0 Å². The Balaban J connectivity index is 0.916. The smallest absolute Gasteiger partial charge is 0.164 e. The minimum absolute atomic E-state index is 0.434. The SMILES string of the molecule is c1ccc(-c2ccc3c(c2)c2ccccc2n3-c2cccc(-c3nc(-c4ccccc4)nc(-c4ccc(C56CC78CC[C@@]9(C5)C6C79C8)cc4)n3)c2)cc1. The van der Waals surface area contributed by atoms with Crippen LogP contribution in [-0.2, 0) is 5.41 Å². The number of hydrogen-bond donors (Lipinski definition) is 0. The lowest BCUT2D eigenvalue weighted by atomic mass is 9.57. The van der Waals surface area contributed by atoms with Crippen LogP contribution in [0.15, 0.2) is 152 Å². The zero-order chi connectivity index (χ0) is 34.6. The van der Waals surface area contributed by atoms with Gasteiger partial charge in [0.15, 0.2) is 17.5 Å². The van der Waals surface area contributed by atoms with Crippen LogP contribution in [0.2, 0.25) is 0 Å². The van der Waals surface area contributed by atoms with Crippen molar-refractivity contribution in [1.29, 1.82) is 0 Å². The molecule has 4 unspecified atom stereocenters. The third kappa shape index (κ3) is 3.46. The third-order valence-electron chi connectivity index (χ3n) is 14.7. The standard InChI is InChI=1S/C49H36N4/c1-3-10-31(11-4-1)34-20-23-41-39(27-34)38-16-7-8-17-40(38)53(41)37-15-9-14-35(26-37)44-51-42(32-12-5-2-6-13-32)50-43(52-44)33-18-21-36(22-19-33)47-28-46-24-25-48(30-47)45(47)49(46,48)29-46/h1-23,26-27,45H,24-25,28-30H2/t45?,46?,47?,48-,49?/m1/s1. The Bertz CT molecular complexity index is 2830. The van der Waals surface area contributed by atoms with Gasteiger partial charge in [0, 0.05) is 38.6 Å². The van der Waals surface area contributed by atoms with Crippen molar-refractivity contribution in [1.82, 2.24) is 19.5 Å². The van der Waals surface area contributed by atoms with E-state index in [-0.39, 0.29) is 0 Å². The average molecular weight is 681 g/mol. The molecule has 252 valence electrons. The van der Waals surface area contributed by atoms with Crippen molar-refractivity contribution in [3.05, 3.63) is 157 Å². The van der Waals surface area contributed by atoms with Crippen molar-refractivity contribution < 1.29 is 0 Å². The Labute approximate surface area is 308 Å². The molecule has 0 saturated heterocycles. The molecule has 5 fully saturated rings. The maximum atomic E-state index is 5.19. The van der Waals surface area contributed by atoms with Crippen LogP contribution in [-0.4, -0.2) is 19.5 Å². The lowest BCUT2D eigenvalue weighted by molar-refractivity contribution is 0.118. The van der Waals surface area contributed by atoms with Crippen molar-refractivity contribution in [2.75, 3.05) is 0 Å². The van der Waals surface area contributed by atoms with Crippen LogP contribution in [0.1, 0.15) is 37.7 Å². The van der Waals surface area contributed by atoms with Gasteiger partial charge in [0.25, 0.3) is 0 Å². The molecule has 2 spiro atoms. The highest BCUT2D eigenvalue weighted by Gasteiger charge is 3.07. The molecule has 8 aromatic rings. The molecule has 5 saturated carbocycles. The van der Waals surface area contributed by atoms with Gasteiger partial charge in [-0.2, -0.15) is 0 Å². The van der Waals surface area contributed by atoms with Crippen molar-refractivity contribution in [3.8, 4) is 51.0 Å². The molecule has 53 heavy (non-hydrogen) atoms. The lowest BCUT2D eigenvalue weighted by Crippen LogP contribution is -2.42. The van der Waals surface area contributed by atoms with Gasteiger partial charge in [-0.3, -0.25) is 0 Å². The monoisotopic (exact) mass is 680 g/mol. The van der Waals surface area contributed by atoms with Gasteiger partial charge >= 0.3 is 0 Å². The zero-order valence-electron chi connectivity index (χ0n) is 29.3. The lowest BCUT2D eigenvalue weighted by Gasteiger charge is -2.47. The Kier molecular flexibility index (Phi) is 5.17. The van der Waals surface area contributed by atoms with Crippen molar-refractivity contribution in [2.24, 2.45) is 22.2 Å². The molecule has 4 heteroatoms. The molecular weight excluding hydrogens is 645 g/mol. The summed E-state index contributed by atoms with van der Waals surface area (Å²) in [6, 6.07) is 54.5. The summed E-state index contributed by atoms with van der Waals surface area (Å²) in [6.07, 6.45) is 7.38. The molecule has 5 aliphatic rings. The average Bonchev–Trinajstić information content (AvgIpc) is 3.94. The summed E-state index contributed by atoms with van der Waals surface area (Å²) in [4.78, 5) is 15.4. The highest BCUT2D eigenvalue weighted by atomic mass is 15.1. The van der Waals surface area contributed by atoms with E-state index in [0.29, 0.717) is 22.5 Å². The van der Waals surface area contributed by atoms with Crippen LogP contribution < -0.4 is 0 Å². The van der Waals surface area contributed by atoms with Crippen molar-refractivity contribution in [2.45, 2.75) is 37.5 Å². The number of nitrogens with zero attached hydrogens (tertiary/aromatic N) is 4. The van der Waals surface area contributed by atoms with Crippen molar-refractivity contribution >= 4 is 21.8 Å². The van der Waals surface area contributed by atoms with Crippen LogP contribution in [0.4, 0.5) is 0 Å². The molecule has 5 aliphatic carbocycles. The summed E-state index contributed by atoms with van der Waals surface area (Å²) in [6.45, 7) is 0. The predicted molar refractivity (Wildman–Crippen MR) is 211 cm³/mol. The van der Waals surface area contributed by atoms with Gasteiger partial charge in [-0.05, 0) is 101 Å². The maximum absolute atomic E-state index is 5.19. The van der Waals surface area contributed by atoms with Gasteiger partial charge in [-0.25, -0.2) is 15.0 Å². The van der Waals surface area contributed by atoms with Crippen LogP contribution >= 0.6 is 0 Å². The normalized spacial score (nSPS) is 28.1. The summed E-state index contributed by atoms with van der Waals surface area (Å²) in [5.41, 5.74) is 13.0. The maximum Gasteiger partial charge on any atom is 0.164 e. The highest BCUT2D eigenvalue weighted by molar-refractivity contribution is 6.10. The second-order valence-electron chi connectivity index (χ2n) is 16.8. The number of rotatable bonds is 6. The Morgan fingerprint density at radius 1 is 0.472 bits per heavy atom. The number of para-hydroxylation sites is 1. The number of aromatic nitrogens is 4. The molecule has 13 rings (SSSR count). The van der Waals surface area contributed by atoms with Crippen LogP contribution in [0.25, 0.3) is 72.8 Å². The van der Waals surface area contributed by atoms with E-state index in [9.17, 15) is 0 Å². The first kappa shape index (κ1) is 28.7. The molecule has 5 atom stereocenters. The second-order valence-corrected chi connectivity index (χ2v) is 16.8. The van der Waals surface area contributed by atoms with Gasteiger partial charge in [0.1, 0.15) is 0 Å². The van der Waals surface area contributed by atoms with Crippen LogP contribution in [0.3, 0.4) is 0 Å².